The topological polar surface area (TPSA) is 28.7 Å². The molecule has 10 heavy (non-hydrogen) atoms. The molecule has 2 aromatic rings. The van der Waals surface area contributed by atoms with E-state index in [4.69, 9.17) is 0 Å². The molecular weight excluding hydrogens is 191 g/mol. The zero-order chi connectivity index (χ0) is 6.10. The van der Waals surface area contributed by atoms with Crippen molar-refractivity contribution < 1.29 is 0 Å². The molecule has 0 saturated carbocycles. The summed E-state index contributed by atoms with van der Waals surface area (Å²) in [5.74, 6) is 0. The second kappa shape index (κ2) is 2.86. The van der Waals surface area contributed by atoms with Gasteiger partial charge in [0.2, 0.25) is 0 Å². The summed E-state index contributed by atoms with van der Waals surface area (Å²) in [6, 6.07) is 7.94. The smallest absolute Gasteiger partial charge is 0.0931 e. The molecule has 0 bridgehead atoms. The van der Waals surface area contributed by atoms with Gasteiger partial charge in [0.05, 0.1) is 17.4 Å². The average molecular weight is 197 g/mol. The maximum Gasteiger partial charge on any atom is 0.0931 e. The number of aromatic amines is 1. The van der Waals surface area contributed by atoms with Gasteiger partial charge < -0.3 is 4.98 Å². The van der Waals surface area contributed by atoms with E-state index in [1.807, 2.05) is 24.3 Å². The van der Waals surface area contributed by atoms with Gasteiger partial charge in [-0.1, -0.05) is 12.1 Å². The number of hydrogen-bond acceptors (Lipinski definition) is 1. The largest absolute Gasteiger partial charge is 0.345 e. The van der Waals surface area contributed by atoms with E-state index in [0.717, 1.165) is 11.0 Å². The monoisotopic (exact) mass is 198 g/mol. The fraction of sp³-hybridized carbons (Fsp3) is 0. The van der Waals surface area contributed by atoms with Gasteiger partial charge in [-0.15, -0.1) is 0 Å². The van der Waals surface area contributed by atoms with Crippen molar-refractivity contribution in [1.29, 1.82) is 0 Å². The third-order valence-electron chi connectivity index (χ3n) is 1.33. The Morgan fingerprint density at radius 2 is 2.00 bits per heavy atom. The van der Waals surface area contributed by atoms with Gasteiger partial charge in [0, 0.05) is 17.1 Å². The van der Waals surface area contributed by atoms with Gasteiger partial charge in [-0.3, -0.25) is 0 Å². The van der Waals surface area contributed by atoms with Crippen molar-refractivity contribution in [1.82, 2.24) is 9.97 Å². The SMILES string of the molecule is [Se].c1ccc2[nH]cnc2c1. The molecule has 1 heterocycles. The Morgan fingerprint density at radius 1 is 1.20 bits per heavy atom. The number of nitrogens with zero attached hydrogens (tertiary/aromatic N) is 1. The molecule has 1 aromatic heterocycles. The molecular formula is C7H6N2Se. The number of imidazole rings is 1. The maximum atomic E-state index is 4.06. The molecule has 1 N–H and O–H groups in total. The van der Waals surface area contributed by atoms with Gasteiger partial charge in [0.15, 0.2) is 0 Å². The summed E-state index contributed by atoms with van der Waals surface area (Å²) in [4.78, 5) is 7.07. The first-order valence-electron chi connectivity index (χ1n) is 2.85. The number of aromatic nitrogens is 2. The van der Waals surface area contributed by atoms with Gasteiger partial charge >= 0.3 is 0 Å². The fourth-order valence-electron chi connectivity index (χ4n) is 0.880. The summed E-state index contributed by atoms with van der Waals surface area (Å²) >= 11 is 0. The molecule has 0 saturated heterocycles. The molecule has 0 aliphatic heterocycles. The second-order valence-electron chi connectivity index (χ2n) is 1.92. The predicted molar refractivity (Wildman–Crippen MR) is 41.8 cm³/mol. The van der Waals surface area contributed by atoms with Crippen LogP contribution in [0.5, 0.6) is 0 Å². The standard InChI is InChI=1S/C7H6N2.Se/c1-2-4-7-6(3-1)8-5-9-7;/h1-5H,(H,8,9);. The van der Waals surface area contributed by atoms with E-state index in [9.17, 15) is 0 Å². The predicted octanol–water partition coefficient (Wildman–Crippen LogP) is 1.18. The van der Waals surface area contributed by atoms with Crippen LogP contribution in [0.25, 0.3) is 11.0 Å². The minimum absolute atomic E-state index is 0. The second-order valence-corrected chi connectivity index (χ2v) is 1.92. The fourth-order valence-corrected chi connectivity index (χ4v) is 0.880. The van der Waals surface area contributed by atoms with Crippen LogP contribution in [-0.4, -0.2) is 27.0 Å². The Labute approximate surface area is 69.1 Å². The average Bonchev–Trinajstić information content (AvgIpc) is 2.33. The van der Waals surface area contributed by atoms with Gasteiger partial charge in [0.25, 0.3) is 0 Å². The van der Waals surface area contributed by atoms with Crippen molar-refractivity contribution in [2.45, 2.75) is 0 Å². The molecule has 2 rings (SSSR count). The Kier molecular flexibility index (Phi) is 2.09. The first-order chi connectivity index (χ1) is 4.47. The third kappa shape index (κ3) is 1.06. The molecule has 0 atom stereocenters. The summed E-state index contributed by atoms with van der Waals surface area (Å²) in [5, 5.41) is 0. The van der Waals surface area contributed by atoms with Crippen LogP contribution in [0.4, 0.5) is 0 Å². The van der Waals surface area contributed by atoms with Gasteiger partial charge in [-0.25, -0.2) is 4.98 Å². The molecule has 2 nitrogen and oxygen atoms in total. The Bertz CT molecular complexity index is 286. The van der Waals surface area contributed by atoms with Crippen molar-refractivity contribution in [3.05, 3.63) is 30.6 Å². The van der Waals surface area contributed by atoms with Crippen molar-refractivity contribution in [2.75, 3.05) is 0 Å². The van der Waals surface area contributed by atoms with E-state index < -0.39 is 0 Å². The summed E-state index contributed by atoms with van der Waals surface area (Å²) in [6.07, 6.45) is 1.70. The Morgan fingerprint density at radius 3 is 2.80 bits per heavy atom. The summed E-state index contributed by atoms with van der Waals surface area (Å²) in [7, 11) is 0. The zero-order valence-corrected chi connectivity index (χ0v) is 6.96. The van der Waals surface area contributed by atoms with Crippen molar-refractivity contribution in [3.8, 4) is 0 Å². The van der Waals surface area contributed by atoms with Crippen molar-refractivity contribution in [3.63, 3.8) is 0 Å². The van der Waals surface area contributed by atoms with Crippen LogP contribution in [0.2, 0.25) is 0 Å². The van der Waals surface area contributed by atoms with Crippen molar-refractivity contribution in [2.24, 2.45) is 0 Å². The van der Waals surface area contributed by atoms with E-state index >= 15 is 0 Å². The van der Waals surface area contributed by atoms with E-state index in [0.29, 0.717) is 0 Å². The van der Waals surface area contributed by atoms with E-state index in [2.05, 4.69) is 9.97 Å². The molecule has 0 spiro atoms. The number of H-pyrrole nitrogens is 1. The molecule has 1 aromatic carbocycles. The minimum atomic E-state index is 0. The summed E-state index contributed by atoms with van der Waals surface area (Å²) in [5.41, 5.74) is 2.12. The molecule has 0 aliphatic rings. The number of rotatable bonds is 0. The molecule has 50 valence electrons. The molecule has 0 aliphatic carbocycles. The first-order valence-corrected chi connectivity index (χ1v) is 2.85. The third-order valence-corrected chi connectivity index (χ3v) is 1.33. The quantitative estimate of drug-likeness (QED) is 0.631. The van der Waals surface area contributed by atoms with E-state index in [1.54, 1.807) is 6.33 Å². The Balaban J connectivity index is 0.000000500. The van der Waals surface area contributed by atoms with Crippen LogP contribution in [0.15, 0.2) is 30.6 Å². The van der Waals surface area contributed by atoms with Crippen LogP contribution >= 0.6 is 0 Å². The normalized spacial score (nSPS) is 9.20. The van der Waals surface area contributed by atoms with Crippen LogP contribution in [0.1, 0.15) is 0 Å². The van der Waals surface area contributed by atoms with Gasteiger partial charge in [-0.2, -0.15) is 0 Å². The summed E-state index contributed by atoms with van der Waals surface area (Å²) < 4.78 is 0. The van der Waals surface area contributed by atoms with Crippen LogP contribution in [0.3, 0.4) is 0 Å². The minimum Gasteiger partial charge on any atom is -0.345 e. The van der Waals surface area contributed by atoms with Gasteiger partial charge in [0.1, 0.15) is 0 Å². The molecule has 0 unspecified atom stereocenters. The van der Waals surface area contributed by atoms with Crippen LogP contribution in [0, 0.1) is 0 Å². The molecule has 3 heteroatoms. The van der Waals surface area contributed by atoms with Gasteiger partial charge in [-0.05, 0) is 12.1 Å². The maximum absolute atomic E-state index is 4.06. The number of benzene rings is 1. The van der Waals surface area contributed by atoms with Crippen LogP contribution in [-0.2, 0) is 0 Å². The summed E-state index contributed by atoms with van der Waals surface area (Å²) in [6.45, 7) is 0. The first kappa shape index (κ1) is 7.32. The van der Waals surface area contributed by atoms with Crippen molar-refractivity contribution >= 4 is 28.1 Å². The molecule has 0 amide bonds. The van der Waals surface area contributed by atoms with Crippen LogP contribution < -0.4 is 0 Å². The number of nitrogens with one attached hydrogen (secondary N) is 1. The van der Waals surface area contributed by atoms with E-state index in [-0.39, 0.29) is 17.1 Å². The zero-order valence-electron chi connectivity index (χ0n) is 5.24. The number of fused-ring (bicyclic) bond motifs is 1. The number of para-hydroxylation sites is 2. The molecule has 0 fully saturated rings. The van der Waals surface area contributed by atoms with E-state index in [1.165, 1.54) is 0 Å². The Hall–Kier alpha value is -0.791. The molecule has 2 radical (unpaired) electrons. The number of hydrogen-bond donors (Lipinski definition) is 1.